The smallest absolute Gasteiger partial charge is 0.129 e. The second-order valence-corrected chi connectivity index (χ2v) is 5.89. The number of pyridine rings is 1. The largest absolute Gasteiger partial charge is 0.507 e. The highest BCUT2D eigenvalue weighted by molar-refractivity contribution is 5.68. The molecule has 0 spiro atoms. The summed E-state index contributed by atoms with van der Waals surface area (Å²) in [5.41, 5.74) is 1.65. The lowest BCUT2D eigenvalue weighted by Crippen LogP contribution is -2.31. The van der Waals surface area contributed by atoms with Gasteiger partial charge in [-0.3, -0.25) is 0 Å². The van der Waals surface area contributed by atoms with Gasteiger partial charge in [0.1, 0.15) is 11.6 Å². The molecule has 20 heavy (non-hydrogen) atoms. The number of aromatic hydroxyl groups is 1. The number of rotatable bonds is 2. The van der Waals surface area contributed by atoms with Gasteiger partial charge < -0.3 is 10.0 Å². The molecule has 3 heteroatoms. The van der Waals surface area contributed by atoms with E-state index in [1.54, 1.807) is 6.07 Å². The molecule has 2 aromatic rings. The topological polar surface area (TPSA) is 36.4 Å². The molecule has 1 aromatic carbocycles. The molecule has 2 aliphatic rings. The summed E-state index contributed by atoms with van der Waals surface area (Å²) in [5, 5.41) is 9.96. The minimum Gasteiger partial charge on any atom is -0.507 e. The van der Waals surface area contributed by atoms with Crippen molar-refractivity contribution in [2.24, 2.45) is 11.8 Å². The highest BCUT2D eigenvalue weighted by atomic mass is 16.3. The first-order valence-electron chi connectivity index (χ1n) is 7.31. The fraction of sp³-hybridized carbons (Fsp3) is 0.353. The van der Waals surface area contributed by atoms with Crippen molar-refractivity contribution < 1.29 is 5.11 Å². The number of fused-ring (bicyclic) bond motifs is 1. The number of aromatic nitrogens is 1. The van der Waals surface area contributed by atoms with Gasteiger partial charge in [0.25, 0.3) is 0 Å². The maximum Gasteiger partial charge on any atom is 0.129 e. The summed E-state index contributed by atoms with van der Waals surface area (Å²) in [6.45, 7) is 2.25. The number of para-hydroxylation sites is 1. The molecule has 3 nitrogen and oxygen atoms in total. The molecule has 1 saturated carbocycles. The monoisotopic (exact) mass is 266 g/mol. The number of hydrogen-bond donors (Lipinski definition) is 1. The van der Waals surface area contributed by atoms with Gasteiger partial charge in [-0.05, 0) is 48.9 Å². The van der Waals surface area contributed by atoms with Crippen LogP contribution in [0.2, 0.25) is 0 Å². The SMILES string of the molecule is Oc1ccccc1-c1cccc(N2CCC3CC3C2)n1. The van der Waals surface area contributed by atoms with E-state index in [1.807, 2.05) is 30.3 Å². The third-order valence-electron chi connectivity index (χ3n) is 4.53. The van der Waals surface area contributed by atoms with Crippen LogP contribution >= 0.6 is 0 Å². The van der Waals surface area contributed by atoms with Crippen LogP contribution in [0.1, 0.15) is 12.8 Å². The molecule has 4 rings (SSSR count). The highest BCUT2D eigenvalue weighted by Crippen LogP contribution is 2.45. The predicted molar refractivity (Wildman–Crippen MR) is 79.8 cm³/mol. The van der Waals surface area contributed by atoms with E-state index in [2.05, 4.69) is 11.0 Å². The first kappa shape index (κ1) is 11.8. The van der Waals surface area contributed by atoms with Crippen LogP contribution in [0.4, 0.5) is 5.82 Å². The van der Waals surface area contributed by atoms with E-state index in [-0.39, 0.29) is 5.75 Å². The summed E-state index contributed by atoms with van der Waals surface area (Å²) in [6, 6.07) is 13.4. The van der Waals surface area contributed by atoms with Crippen LogP contribution in [0.3, 0.4) is 0 Å². The Labute approximate surface area is 118 Å². The van der Waals surface area contributed by atoms with Gasteiger partial charge in [-0.25, -0.2) is 4.98 Å². The second kappa shape index (κ2) is 4.51. The Morgan fingerprint density at radius 3 is 2.80 bits per heavy atom. The first-order chi connectivity index (χ1) is 9.81. The molecule has 0 bridgehead atoms. The average molecular weight is 266 g/mol. The minimum absolute atomic E-state index is 0.290. The summed E-state index contributed by atoms with van der Waals surface area (Å²) in [5.74, 6) is 3.20. The molecule has 102 valence electrons. The van der Waals surface area contributed by atoms with Crippen LogP contribution in [0.15, 0.2) is 42.5 Å². The Kier molecular flexibility index (Phi) is 2.66. The normalized spacial score (nSPS) is 24.3. The van der Waals surface area contributed by atoms with Crippen LogP contribution in [0.5, 0.6) is 5.75 Å². The number of phenolic OH excluding ortho intramolecular Hbond substituents is 1. The van der Waals surface area contributed by atoms with Gasteiger partial charge in [0.15, 0.2) is 0 Å². The van der Waals surface area contributed by atoms with E-state index in [0.29, 0.717) is 0 Å². The molecule has 2 heterocycles. The van der Waals surface area contributed by atoms with Gasteiger partial charge in [0.2, 0.25) is 0 Å². The summed E-state index contributed by atoms with van der Waals surface area (Å²) in [6.07, 6.45) is 2.70. The van der Waals surface area contributed by atoms with E-state index in [1.165, 1.54) is 12.8 Å². The number of nitrogens with zero attached hydrogens (tertiary/aromatic N) is 2. The maximum absolute atomic E-state index is 9.96. The van der Waals surface area contributed by atoms with E-state index < -0.39 is 0 Å². The Bertz CT molecular complexity index is 640. The van der Waals surface area contributed by atoms with E-state index >= 15 is 0 Å². The van der Waals surface area contributed by atoms with Crippen molar-refractivity contribution in [1.82, 2.24) is 4.98 Å². The Morgan fingerprint density at radius 1 is 1.05 bits per heavy atom. The van der Waals surface area contributed by atoms with E-state index in [4.69, 9.17) is 4.98 Å². The van der Waals surface area contributed by atoms with Crippen LogP contribution < -0.4 is 4.90 Å². The fourth-order valence-electron chi connectivity index (χ4n) is 3.23. The molecule has 1 aromatic heterocycles. The van der Waals surface area contributed by atoms with Gasteiger partial charge >= 0.3 is 0 Å². The summed E-state index contributed by atoms with van der Waals surface area (Å²) < 4.78 is 0. The molecule has 2 unspecified atom stereocenters. The molecular weight excluding hydrogens is 248 g/mol. The number of hydrogen-bond acceptors (Lipinski definition) is 3. The average Bonchev–Trinajstić information content (AvgIpc) is 3.26. The number of phenols is 1. The van der Waals surface area contributed by atoms with Gasteiger partial charge in [0.05, 0.1) is 5.69 Å². The third-order valence-corrected chi connectivity index (χ3v) is 4.53. The standard InChI is InChI=1S/C17H18N2O/c20-16-6-2-1-4-14(16)15-5-3-7-17(18-15)19-9-8-12-10-13(12)11-19/h1-7,12-13,20H,8-11H2. The van der Waals surface area contributed by atoms with Gasteiger partial charge in [-0.15, -0.1) is 0 Å². The molecule has 1 N–H and O–H groups in total. The molecule has 0 radical (unpaired) electrons. The fourth-order valence-corrected chi connectivity index (χ4v) is 3.23. The van der Waals surface area contributed by atoms with Crippen LogP contribution in [0.25, 0.3) is 11.3 Å². The van der Waals surface area contributed by atoms with Crippen molar-refractivity contribution in [2.45, 2.75) is 12.8 Å². The molecule has 2 fully saturated rings. The van der Waals surface area contributed by atoms with Crippen LogP contribution in [0, 0.1) is 11.8 Å². The number of anilines is 1. The summed E-state index contributed by atoms with van der Waals surface area (Å²) >= 11 is 0. The van der Waals surface area contributed by atoms with Gasteiger partial charge in [-0.1, -0.05) is 18.2 Å². The van der Waals surface area contributed by atoms with Gasteiger partial charge in [0, 0.05) is 18.7 Å². The molecule has 2 atom stereocenters. The van der Waals surface area contributed by atoms with Crippen LogP contribution in [-0.2, 0) is 0 Å². The Balaban J connectivity index is 1.66. The number of benzene rings is 1. The van der Waals surface area contributed by atoms with Crippen LogP contribution in [-0.4, -0.2) is 23.2 Å². The van der Waals surface area contributed by atoms with Crippen molar-refractivity contribution >= 4 is 5.82 Å². The van der Waals surface area contributed by atoms with Crippen molar-refractivity contribution in [3.05, 3.63) is 42.5 Å². The predicted octanol–water partition coefficient (Wildman–Crippen LogP) is 3.30. The zero-order valence-electron chi connectivity index (χ0n) is 11.4. The summed E-state index contributed by atoms with van der Waals surface area (Å²) in [7, 11) is 0. The Hall–Kier alpha value is -2.03. The molecule has 1 saturated heterocycles. The second-order valence-electron chi connectivity index (χ2n) is 5.89. The van der Waals surface area contributed by atoms with Gasteiger partial charge in [-0.2, -0.15) is 0 Å². The third kappa shape index (κ3) is 2.03. The molecular formula is C17H18N2O. The minimum atomic E-state index is 0.290. The number of piperidine rings is 1. The zero-order valence-corrected chi connectivity index (χ0v) is 11.4. The quantitative estimate of drug-likeness (QED) is 0.906. The van der Waals surface area contributed by atoms with E-state index in [0.717, 1.165) is 42.0 Å². The highest BCUT2D eigenvalue weighted by Gasteiger charge is 2.41. The molecule has 1 aliphatic carbocycles. The lowest BCUT2D eigenvalue weighted by molar-refractivity contribution is 0.477. The Morgan fingerprint density at radius 2 is 1.95 bits per heavy atom. The van der Waals surface area contributed by atoms with Crippen molar-refractivity contribution in [3.8, 4) is 17.0 Å². The molecule has 0 amide bonds. The van der Waals surface area contributed by atoms with Crippen molar-refractivity contribution in [3.63, 3.8) is 0 Å². The lowest BCUT2D eigenvalue weighted by Gasteiger charge is -2.27. The van der Waals surface area contributed by atoms with E-state index in [9.17, 15) is 5.11 Å². The maximum atomic E-state index is 9.96. The lowest BCUT2D eigenvalue weighted by atomic mass is 10.1. The first-order valence-corrected chi connectivity index (χ1v) is 7.31. The molecule has 1 aliphatic heterocycles. The summed E-state index contributed by atoms with van der Waals surface area (Å²) in [4.78, 5) is 7.13. The van der Waals surface area contributed by atoms with Crippen molar-refractivity contribution in [1.29, 1.82) is 0 Å². The van der Waals surface area contributed by atoms with Crippen molar-refractivity contribution in [2.75, 3.05) is 18.0 Å². The zero-order chi connectivity index (χ0) is 13.5.